The molecule has 0 amide bonds. The molecule has 0 aliphatic carbocycles. The monoisotopic (exact) mass is 226 g/mol. The van der Waals surface area contributed by atoms with Gasteiger partial charge in [-0.05, 0) is 24.6 Å². The van der Waals surface area contributed by atoms with Crippen molar-refractivity contribution in [2.45, 2.75) is 24.9 Å². The molecule has 2 N–H and O–H groups in total. The van der Waals surface area contributed by atoms with Crippen LogP contribution < -0.4 is 5.32 Å². The van der Waals surface area contributed by atoms with E-state index < -0.39 is 0 Å². The number of nitrogens with zero attached hydrogens (tertiary/aromatic N) is 1. The molecule has 3 nitrogen and oxygen atoms in total. The number of thioether (sulfide) groups is 1. The molecule has 4 heteroatoms. The Bertz CT molecular complexity index is 281. The molecule has 1 heterocycles. The van der Waals surface area contributed by atoms with Gasteiger partial charge in [0.1, 0.15) is 5.03 Å². The van der Waals surface area contributed by atoms with Crippen LogP contribution in [-0.4, -0.2) is 29.0 Å². The fourth-order valence-corrected chi connectivity index (χ4v) is 2.11. The van der Waals surface area contributed by atoms with Crippen molar-refractivity contribution < 1.29 is 5.11 Å². The average molecular weight is 226 g/mol. The van der Waals surface area contributed by atoms with Gasteiger partial charge in [0.05, 0.1) is 0 Å². The molecule has 1 rings (SSSR count). The van der Waals surface area contributed by atoms with Gasteiger partial charge >= 0.3 is 0 Å². The second-order valence-electron chi connectivity index (χ2n) is 3.17. The van der Waals surface area contributed by atoms with Gasteiger partial charge in [0.25, 0.3) is 0 Å². The number of aromatic nitrogens is 1. The standard InChI is InChI=1S/C11H18N2OS/c1-2-12-9-10-5-3-6-13-11(10)15-8-4-7-14/h3,5-6,12,14H,2,4,7-9H2,1H3. The van der Waals surface area contributed by atoms with E-state index >= 15 is 0 Å². The molecule has 0 spiro atoms. The van der Waals surface area contributed by atoms with Gasteiger partial charge in [-0.3, -0.25) is 0 Å². The SMILES string of the molecule is CCNCc1cccnc1SCCCO. The first kappa shape index (κ1) is 12.5. The maximum atomic E-state index is 8.71. The Labute approximate surface area is 95.3 Å². The van der Waals surface area contributed by atoms with Gasteiger partial charge in [-0.1, -0.05) is 13.0 Å². The number of aliphatic hydroxyl groups excluding tert-OH is 1. The summed E-state index contributed by atoms with van der Waals surface area (Å²) in [6.45, 7) is 4.18. The molecule has 15 heavy (non-hydrogen) atoms. The number of pyridine rings is 1. The Hall–Kier alpha value is -0.580. The second-order valence-corrected chi connectivity index (χ2v) is 4.26. The first-order valence-electron chi connectivity index (χ1n) is 5.26. The van der Waals surface area contributed by atoms with Gasteiger partial charge in [-0.2, -0.15) is 0 Å². The first-order chi connectivity index (χ1) is 7.38. The smallest absolute Gasteiger partial charge is 0.100 e. The van der Waals surface area contributed by atoms with Crippen molar-refractivity contribution in [3.63, 3.8) is 0 Å². The Morgan fingerprint density at radius 3 is 3.13 bits per heavy atom. The van der Waals surface area contributed by atoms with Crippen molar-refractivity contribution in [2.75, 3.05) is 18.9 Å². The van der Waals surface area contributed by atoms with Crippen molar-refractivity contribution in [3.8, 4) is 0 Å². The van der Waals surface area contributed by atoms with Crippen LogP contribution in [0.5, 0.6) is 0 Å². The third-order valence-electron chi connectivity index (χ3n) is 1.96. The predicted octanol–water partition coefficient (Wildman–Crippen LogP) is 1.67. The minimum absolute atomic E-state index is 0.252. The lowest BCUT2D eigenvalue weighted by atomic mass is 10.3. The third-order valence-corrected chi connectivity index (χ3v) is 3.09. The molecule has 0 aliphatic heterocycles. The third kappa shape index (κ3) is 4.64. The topological polar surface area (TPSA) is 45.2 Å². The Balaban J connectivity index is 2.52. The fourth-order valence-electron chi connectivity index (χ4n) is 1.18. The largest absolute Gasteiger partial charge is 0.396 e. The molecule has 0 saturated heterocycles. The van der Waals surface area contributed by atoms with E-state index in [1.807, 2.05) is 12.3 Å². The van der Waals surface area contributed by atoms with E-state index in [2.05, 4.69) is 23.3 Å². The minimum atomic E-state index is 0.252. The van der Waals surface area contributed by atoms with Gasteiger partial charge < -0.3 is 10.4 Å². The highest BCUT2D eigenvalue weighted by Gasteiger charge is 2.02. The molecule has 0 radical (unpaired) electrons. The lowest BCUT2D eigenvalue weighted by Crippen LogP contribution is -2.12. The second kappa shape index (κ2) is 7.68. The van der Waals surface area contributed by atoms with Crippen LogP contribution in [0.15, 0.2) is 23.4 Å². The number of rotatable bonds is 7. The Morgan fingerprint density at radius 1 is 1.53 bits per heavy atom. The summed E-state index contributed by atoms with van der Waals surface area (Å²) >= 11 is 1.71. The molecular formula is C11H18N2OS. The lowest BCUT2D eigenvalue weighted by Gasteiger charge is -2.07. The van der Waals surface area contributed by atoms with Crippen LogP contribution >= 0.6 is 11.8 Å². The highest BCUT2D eigenvalue weighted by molar-refractivity contribution is 7.99. The summed E-state index contributed by atoms with van der Waals surface area (Å²) in [5.74, 6) is 0.923. The zero-order valence-corrected chi connectivity index (χ0v) is 9.89. The van der Waals surface area contributed by atoms with Crippen LogP contribution in [0.25, 0.3) is 0 Å². The Morgan fingerprint density at radius 2 is 2.40 bits per heavy atom. The number of hydrogen-bond acceptors (Lipinski definition) is 4. The normalized spacial score (nSPS) is 10.5. The summed E-state index contributed by atoms with van der Waals surface area (Å²) in [4.78, 5) is 4.34. The van der Waals surface area contributed by atoms with Crippen LogP contribution in [0.2, 0.25) is 0 Å². The van der Waals surface area contributed by atoms with Gasteiger partial charge in [0.2, 0.25) is 0 Å². The summed E-state index contributed by atoms with van der Waals surface area (Å²) in [7, 11) is 0. The van der Waals surface area contributed by atoms with Crippen LogP contribution in [0.4, 0.5) is 0 Å². The van der Waals surface area contributed by atoms with Crippen molar-refractivity contribution in [3.05, 3.63) is 23.9 Å². The van der Waals surface area contributed by atoms with E-state index in [0.29, 0.717) is 0 Å². The molecule has 0 bridgehead atoms. The summed E-state index contributed by atoms with van der Waals surface area (Å²) in [5.41, 5.74) is 1.24. The predicted molar refractivity (Wildman–Crippen MR) is 64.0 cm³/mol. The molecule has 1 aromatic rings. The molecule has 84 valence electrons. The van der Waals surface area contributed by atoms with E-state index in [4.69, 9.17) is 5.11 Å². The van der Waals surface area contributed by atoms with E-state index in [-0.39, 0.29) is 6.61 Å². The zero-order valence-electron chi connectivity index (χ0n) is 9.07. The van der Waals surface area contributed by atoms with Crippen LogP contribution in [0.1, 0.15) is 18.9 Å². The molecule has 0 unspecified atom stereocenters. The number of nitrogens with one attached hydrogen (secondary N) is 1. The van der Waals surface area contributed by atoms with Crippen LogP contribution in [0.3, 0.4) is 0 Å². The maximum Gasteiger partial charge on any atom is 0.100 e. The number of hydrogen-bond donors (Lipinski definition) is 2. The van der Waals surface area contributed by atoms with Gasteiger partial charge in [0, 0.05) is 25.1 Å². The molecule has 0 aliphatic rings. The van der Waals surface area contributed by atoms with Gasteiger partial charge in [-0.25, -0.2) is 4.98 Å². The van der Waals surface area contributed by atoms with Crippen molar-refractivity contribution >= 4 is 11.8 Å². The van der Waals surface area contributed by atoms with Crippen LogP contribution in [0, 0.1) is 0 Å². The molecule has 0 fully saturated rings. The highest BCUT2D eigenvalue weighted by Crippen LogP contribution is 2.20. The lowest BCUT2D eigenvalue weighted by molar-refractivity contribution is 0.296. The first-order valence-corrected chi connectivity index (χ1v) is 6.25. The van der Waals surface area contributed by atoms with E-state index in [9.17, 15) is 0 Å². The summed E-state index contributed by atoms with van der Waals surface area (Å²) in [5, 5.41) is 13.1. The minimum Gasteiger partial charge on any atom is -0.396 e. The molecule has 0 atom stereocenters. The molecule has 1 aromatic heterocycles. The molecular weight excluding hydrogens is 208 g/mol. The summed E-state index contributed by atoms with van der Waals surface area (Å²) in [6, 6.07) is 4.06. The van der Waals surface area contributed by atoms with E-state index in [1.165, 1.54) is 5.56 Å². The van der Waals surface area contributed by atoms with Crippen molar-refractivity contribution in [1.29, 1.82) is 0 Å². The van der Waals surface area contributed by atoms with Crippen LogP contribution in [-0.2, 0) is 6.54 Å². The maximum absolute atomic E-state index is 8.71. The van der Waals surface area contributed by atoms with E-state index in [1.54, 1.807) is 11.8 Å². The van der Waals surface area contributed by atoms with E-state index in [0.717, 1.165) is 30.3 Å². The van der Waals surface area contributed by atoms with Gasteiger partial charge in [-0.15, -0.1) is 11.8 Å². The van der Waals surface area contributed by atoms with Gasteiger partial charge in [0.15, 0.2) is 0 Å². The Kier molecular flexibility index (Phi) is 6.39. The van der Waals surface area contributed by atoms with Crippen molar-refractivity contribution in [1.82, 2.24) is 10.3 Å². The quantitative estimate of drug-likeness (QED) is 0.548. The summed E-state index contributed by atoms with van der Waals surface area (Å²) in [6.07, 6.45) is 2.64. The molecule has 0 saturated carbocycles. The highest BCUT2D eigenvalue weighted by atomic mass is 32.2. The molecule has 0 aromatic carbocycles. The zero-order chi connectivity index (χ0) is 10.9. The fraction of sp³-hybridized carbons (Fsp3) is 0.545. The average Bonchev–Trinajstić information content (AvgIpc) is 2.28. The van der Waals surface area contributed by atoms with Crippen molar-refractivity contribution in [2.24, 2.45) is 0 Å². The summed E-state index contributed by atoms with van der Waals surface area (Å²) < 4.78 is 0. The number of aliphatic hydroxyl groups is 1.